The molecule has 0 bridgehead atoms. The molecule has 1 aliphatic heterocycles. The van der Waals surface area contributed by atoms with Gasteiger partial charge < -0.3 is 10.3 Å². The van der Waals surface area contributed by atoms with Gasteiger partial charge in [-0.2, -0.15) is 5.10 Å². The molecular weight excluding hydrogens is 340 g/mol. The Morgan fingerprint density at radius 2 is 2.07 bits per heavy atom. The van der Waals surface area contributed by atoms with Gasteiger partial charge in [-0.1, -0.05) is 0 Å². The number of aromatic amines is 1. The minimum absolute atomic E-state index is 0.181. The van der Waals surface area contributed by atoms with Gasteiger partial charge in [0.05, 0.1) is 17.2 Å². The highest BCUT2D eigenvalue weighted by molar-refractivity contribution is 6.06. The highest BCUT2D eigenvalue weighted by atomic mass is 16.1. The maximum Gasteiger partial charge on any atom is 0.256 e. The molecule has 5 rings (SSSR count). The largest absolute Gasteiger partial charge is 0.357 e. The molecular formula is C20H20N6O. The first-order chi connectivity index (χ1) is 13.2. The fraction of sp³-hybridized carbons (Fsp3) is 0.250. The Labute approximate surface area is 156 Å². The van der Waals surface area contributed by atoms with E-state index in [0.29, 0.717) is 11.4 Å². The molecule has 1 aromatic carbocycles. The zero-order chi connectivity index (χ0) is 18.4. The van der Waals surface area contributed by atoms with Crippen LogP contribution >= 0.6 is 0 Å². The Hall–Kier alpha value is -3.19. The van der Waals surface area contributed by atoms with Crippen LogP contribution in [0.4, 0.5) is 5.82 Å². The number of amides is 1. The van der Waals surface area contributed by atoms with Crippen molar-refractivity contribution < 1.29 is 4.79 Å². The van der Waals surface area contributed by atoms with E-state index in [4.69, 9.17) is 0 Å². The van der Waals surface area contributed by atoms with E-state index in [1.807, 2.05) is 25.2 Å². The molecule has 0 aliphatic carbocycles. The summed E-state index contributed by atoms with van der Waals surface area (Å²) in [5.41, 5.74) is 3.74. The van der Waals surface area contributed by atoms with Crippen molar-refractivity contribution in [2.45, 2.75) is 13.0 Å². The SMILES string of the molecule is Cn1ncc2cc(C(=O)Nc3cc4[nH]c(CN5CCC5)cc4cn3)ccc21. The van der Waals surface area contributed by atoms with Crippen LogP contribution in [0.25, 0.3) is 21.8 Å². The summed E-state index contributed by atoms with van der Waals surface area (Å²) in [5, 5.41) is 9.09. The van der Waals surface area contributed by atoms with E-state index in [9.17, 15) is 4.79 Å². The third kappa shape index (κ3) is 2.96. The van der Waals surface area contributed by atoms with Gasteiger partial charge in [0.2, 0.25) is 0 Å². The lowest BCUT2D eigenvalue weighted by Gasteiger charge is -2.29. The normalized spacial score (nSPS) is 14.6. The number of anilines is 1. The number of aryl methyl sites for hydroxylation is 1. The van der Waals surface area contributed by atoms with Crippen molar-refractivity contribution >= 4 is 33.5 Å². The lowest BCUT2D eigenvalue weighted by atomic mass is 10.1. The molecule has 1 aliphatic rings. The third-order valence-electron chi connectivity index (χ3n) is 5.15. The van der Waals surface area contributed by atoms with Gasteiger partial charge in [-0.15, -0.1) is 0 Å². The average Bonchev–Trinajstić information content (AvgIpc) is 3.20. The summed E-state index contributed by atoms with van der Waals surface area (Å²) in [4.78, 5) is 22.8. The second-order valence-electron chi connectivity index (χ2n) is 7.08. The number of pyridine rings is 1. The quantitative estimate of drug-likeness (QED) is 0.586. The van der Waals surface area contributed by atoms with Gasteiger partial charge in [-0.05, 0) is 43.8 Å². The molecule has 4 heterocycles. The summed E-state index contributed by atoms with van der Waals surface area (Å²) in [6.45, 7) is 3.26. The number of hydrogen-bond donors (Lipinski definition) is 2. The first-order valence-corrected chi connectivity index (χ1v) is 9.09. The summed E-state index contributed by atoms with van der Waals surface area (Å²) >= 11 is 0. The number of rotatable bonds is 4. The maximum absolute atomic E-state index is 12.6. The molecule has 1 fully saturated rings. The van der Waals surface area contributed by atoms with E-state index in [2.05, 4.69) is 31.3 Å². The third-order valence-corrected chi connectivity index (χ3v) is 5.15. The topological polar surface area (TPSA) is 78.8 Å². The van der Waals surface area contributed by atoms with Crippen LogP contribution in [-0.4, -0.2) is 43.6 Å². The number of likely N-dealkylation sites (tertiary alicyclic amines) is 1. The molecule has 1 saturated heterocycles. The molecule has 0 unspecified atom stereocenters. The van der Waals surface area contributed by atoms with Gasteiger partial charge in [0.25, 0.3) is 5.91 Å². The highest BCUT2D eigenvalue weighted by Gasteiger charge is 2.15. The standard InChI is InChI=1S/C20H20N6O/c1-25-18-4-3-13(7-15(18)11-22-25)20(27)24-19-9-17-14(10-21-19)8-16(23-17)12-26-5-2-6-26/h3-4,7-11,23H,2,5-6,12H2,1H3,(H,21,24,27). The van der Waals surface area contributed by atoms with Gasteiger partial charge in [0, 0.05) is 47.9 Å². The Morgan fingerprint density at radius 3 is 2.89 bits per heavy atom. The predicted octanol–water partition coefficient (Wildman–Crippen LogP) is 2.91. The second kappa shape index (κ2) is 6.21. The smallest absolute Gasteiger partial charge is 0.256 e. The molecule has 7 heteroatoms. The van der Waals surface area contributed by atoms with Crippen LogP contribution in [-0.2, 0) is 13.6 Å². The molecule has 136 valence electrons. The highest BCUT2D eigenvalue weighted by Crippen LogP contribution is 2.21. The van der Waals surface area contributed by atoms with Crippen LogP contribution in [0.5, 0.6) is 0 Å². The van der Waals surface area contributed by atoms with Gasteiger partial charge >= 0.3 is 0 Å². The van der Waals surface area contributed by atoms with Crippen molar-refractivity contribution in [3.05, 3.63) is 54.0 Å². The molecule has 0 radical (unpaired) electrons. The average molecular weight is 360 g/mol. The summed E-state index contributed by atoms with van der Waals surface area (Å²) < 4.78 is 1.79. The zero-order valence-electron chi connectivity index (χ0n) is 15.1. The Bertz CT molecular complexity index is 1150. The number of nitrogens with one attached hydrogen (secondary N) is 2. The summed E-state index contributed by atoms with van der Waals surface area (Å²) in [6.07, 6.45) is 4.84. The van der Waals surface area contributed by atoms with Gasteiger partial charge in [-0.3, -0.25) is 14.4 Å². The van der Waals surface area contributed by atoms with Gasteiger partial charge in [0.1, 0.15) is 5.82 Å². The molecule has 0 atom stereocenters. The van der Waals surface area contributed by atoms with E-state index >= 15 is 0 Å². The van der Waals surface area contributed by atoms with Crippen molar-refractivity contribution in [3.63, 3.8) is 0 Å². The summed E-state index contributed by atoms with van der Waals surface area (Å²) in [6, 6.07) is 9.56. The van der Waals surface area contributed by atoms with Crippen molar-refractivity contribution in [1.29, 1.82) is 0 Å². The first-order valence-electron chi connectivity index (χ1n) is 9.09. The summed E-state index contributed by atoms with van der Waals surface area (Å²) in [5.74, 6) is 0.357. The minimum Gasteiger partial charge on any atom is -0.357 e. The molecule has 27 heavy (non-hydrogen) atoms. The lowest BCUT2D eigenvalue weighted by Crippen LogP contribution is -2.36. The molecule has 3 aromatic heterocycles. The first kappa shape index (κ1) is 16.0. The van der Waals surface area contributed by atoms with Crippen LogP contribution in [0.15, 0.2) is 42.7 Å². The van der Waals surface area contributed by atoms with Gasteiger partial charge in [-0.25, -0.2) is 4.98 Å². The number of carbonyl (C=O) groups is 1. The minimum atomic E-state index is -0.181. The predicted molar refractivity (Wildman–Crippen MR) is 105 cm³/mol. The molecule has 1 amide bonds. The lowest BCUT2D eigenvalue weighted by molar-refractivity contribution is 0.102. The van der Waals surface area contributed by atoms with Crippen molar-refractivity contribution in [2.24, 2.45) is 7.05 Å². The van der Waals surface area contributed by atoms with E-state index in [-0.39, 0.29) is 5.91 Å². The van der Waals surface area contributed by atoms with Crippen LogP contribution in [0, 0.1) is 0 Å². The van der Waals surface area contributed by atoms with Crippen molar-refractivity contribution in [2.75, 3.05) is 18.4 Å². The van der Waals surface area contributed by atoms with E-state index in [1.165, 1.54) is 12.1 Å². The number of H-pyrrole nitrogens is 1. The molecule has 7 nitrogen and oxygen atoms in total. The van der Waals surface area contributed by atoms with E-state index < -0.39 is 0 Å². The number of nitrogens with zero attached hydrogens (tertiary/aromatic N) is 4. The van der Waals surface area contributed by atoms with Gasteiger partial charge in [0.15, 0.2) is 0 Å². The molecule has 0 spiro atoms. The van der Waals surface area contributed by atoms with E-state index in [1.54, 1.807) is 23.1 Å². The zero-order valence-corrected chi connectivity index (χ0v) is 15.1. The maximum atomic E-state index is 12.6. The van der Waals surface area contributed by atoms with Crippen molar-refractivity contribution in [1.82, 2.24) is 24.6 Å². The number of aromatic nitrogens is 4. The van der Waals surface area contributed by atoms with Crippen LogP contribution in [0.2, 0.25) is 0 Å². The molecule has 4 aromatic rings. The van der Waals surface area contributed by atoms with Crippen LogP contribution in [0.1, 0.15) is 22.5 Å². The molecule has 0 saturated carbocycles. The molecule has 2 N–H and O–H groups in total. The van der Waals surface area contributed by atoms with Crippen LogP contribution < -0.4 is 5.32 Å². The number of benzene rings is 1. The fourth-order valence-corrected chi connectivity index (χ4v) is 3.51. The number of carbonyl (C=O) groups excluding carboxylic acids is 1. The fourth-order valence-electron chi connectivity index (χ4n) is 3.51. The second-order valence-corrected chi connectivity index (χ2v) is 7.08. The number of fused-ring (bicyclic) bond motifs is 2. The Morgan fingerprint density at radius 1 is 1.19 bits per heavy atom. The number of hydrogen-bond acceptors (Lipinski definition) is 4. The Kier molecular flexibility index (Phi) is 3.68. The van der Waals surface area contributed by atoms with Crippen LogP contribution in [0.3, 0.4) is 0 Å². The summed E-state index contributed by atoms with van der Waals surface area (Å²) in [7, 11) is 1.88. The monoisotopic (exact) mass is 360 g/mol. The van der Waals surface area contributed by atoms with Crippen molar-refractivity contribution in [3.8, 4) is 0 Å². The Balaban J connectivity index is 1.36. The van der Waals surface area contributed by atoms with E-state index in [0.717, 1.165) is 41.4 Å².